The van der Waals surface area contributed by atoms with Gasteiger partial charge in [-0.25, -0.2) is 4.98 Å². The number of aromatic nitrogens is 2. The molecule has 0 unspecified atom stereocenters. The van der Waals surface area contributed by atoms with Crippen molar-refractivity contribution >= 4 is 33.0 Å². The minimum atomic E-state index is -0.0988. The molecule has 6 heteroatoms. The zero-order valence-corrected chi connectivity index (χ0v) is 17.8. The van der Waals surface area contributed by atoms with Gasteiger partial charge in [0.25, 0.3) is 0 Å². The molecule has 5 heterocycles. The first-order valence-electron chi connectivity index (χ1n) is 10.3. The summed E-state index contributed by atoms with van der Waals surface area (Å²) in [5.74, 6) is 0.387. The molecule has 3 saturated heterocycles. The molecule has 3 aliphatic heterocycles. The average Bonchev–Trinajstić information content (AvgIpc) is 3.25. The van der Waals surface area contributed by atoms with E-state index in [1.807, 2.05) is 31.4 Å². The predicted molar refractivity (Wildman–Crippen MR) is 119 cm³/mol. The van der Waals surface area contributed by atoms with Crippen LogP contribution in [0.2, 0.25) is 0 Å². The fraction of sp³-hybridized carbons (Fsp3) is 0.435. The van der Waals surface area contributed by atoms with E-state index >= 15 is 0 Å². The number of ketones is 1. The summed E-state index contributed by atoms with van der Waals surface area (Å²) in [5.41, 5.74) is 1.95. The van der Waals surface area contributed by atoms with Gasteiger partial charge in [0.15, 0.2) is 5.13 Å². The second-order valence-electron chi connectivity index (χ2n) is 8.61. The van der Waals surface area contributed by atoms with Crippen LogP contribution in [-0.2, 0) is 11.2 Å². The van der Waals surface area contributed by atoms with Crippen LogP contribution in [-0.4, -0.2) is 54.4 Å². The van der Waals surface area contributed by atoms with Crippen LogP contribution >= 0.6 is 11.3 Å². The maximum Gasteiger partial charge on any atom is 0.185 e. The van der Waals surface area contributed by atoms with E-state index < -0.39 is 0 Å². The summed E-state index contributed by atoms with van der Waals surface area (Å²) in [4.78, 5) is 27.9. The minimum absolute atomic E-state index is 0.0988. The molecule has 3 aliphatic rings. The molecule has 2 bridgehead atoms. The highest BCUT2D eigenvalue weighted by Crippen LogP contribution is 2.41. The van der Waals surface area contributed by atoms with Crippen LogP contribution in [0.5, 0.6) is 0 Å². The van der Waals surface area contributed by atoms with Crippen molar-refractivity contribution in [1.29, 1.82) is 0 Å². The number of rotatable bonds is 5. The van der Waals surface area contributed by atoms with E-state index in [1.54, 1.807) is 11.3 Å². The van der Waals surface area contributed by atoms with Crippen molar-refractivity contribution in [3.8, 4) is 10.4 Å². The molecule has 0 amide bonds. The van der Waals surface area contributed by atoms with Gasteiger partial charge in [-0.15, -0.1) is 0 Å². The Labute approximate surface area is 175 Å². The number of carbonyl (C=O) groups is 1. The molecule has 0 aliphatic carbocycles. The van der Waals surface area contributed by atoms with Gasteiger partial charge in [-0.05, 0) is 62.0 Å². The number of anilines is 1. The number of benzene rings is 1. The summed E-state index contributed by atoms with van der Waals surface area (Å²) in [6, 6.07) is 8.51. The SMILES string of the molecule is CN(C)c1ncc(-c2ccc3cnc(CC(=O)C45CCN(CC4)CC5)cc3c2)s1. The molecule has 6 rings (SSSR count). The quantitative estimate of drug-likeness (QED) is 0.640. The monoisotopic (exact) mass is 406 g/mol. The first-order valence-corrected chi connectivity index (χ1v) is 11.1. The predicted octanol–water partition coefficient (Wildman–Crippen LogP) is 4.02. The summed E-state index contributed by atoms with van der Waals surface area (Å²) < 4.78 is 0. The molecule has 3 aromatic rings. The molecule has 0 spiro atoms. The smallest absolute Gasteiger partial charge is 0.185 e. The van der Waals surface area contributed by atoms with Gasteiger partial charge in [0.2, 0.25) is 0 Å². The molecule has 3 fully saturated rings. The van der Waals surface area contributed by atoms with Crippen molar-refractivity contribution in [2.45, 2.75) is 25.7 Å². The van der Waals surface area contributed by atoms with E-state index in [4.69, 9.17) is 0 Å². The van der Waals surface area contributed by atoms with Gasteiger partial charge in [-0.2, -0.15) is 0 Å². The molecular formula is C23H26N4OS. The number of carbonyl (C=O) groups excluding carboxylic acids is 1. The lowest BCUT2D eigenvalue weighted by Crippen LogP contribution is -2.52. The number of nitrogens with zero attached hydrogens (tertiary/aromatic N) is 4. The normalized spacial score (nSPS) is 23.4. The lowest BCUT2D eigenvalue weighted by Gasteiger charge is -2.47. The summed E-state index contributed by atoms with van der Waals surface area (Å²) in [5, 5.41) is 3.24. The van der Waals surface area contributed by atoms with Gasteiger partial charge in [0, 0.05) is 49.4 Å². The Kier molecular flexibility index (Phi) is 4.63. The number of fused-ring (bicyclic) bond motifs is 4. The van der Waals surface area contributed by atoms with Crippen molar-refractivity contribution in [1.82, 2.24) is 14.9 Å². The number of hydrogen-bond acceptors (Lipinski definition) is 6. The fourth-order valence-electron chi connectivity index (χ4n) is 4.64. The number of hydrogen-bond donors (Lipinski definition) is 0. The first kappa shape index (κ1) is 18.7. The lowest BCUT2D eigenvalue weighted by atomic mass is 9.68. The van der Waals surface area contributed by atoms with Crippen molar-refractivity contribution in [3.63, 3.8) is 0 Å². The first-order chi connectivity index (χ1) is 14.0. The van der Waals surface area contributed by atoms with Crippen LogP contribution in [0, 0.1) is 5.41 Å². The molecule has 0 N–H and O–H groups in total. The number of pyridine rings is 1. The highest BCUT2D eigenvalue weighted by Gasteiger charge is 2.44. The van der Waals surface area contributed by atoms with Crippen molar-refractivity contribution in [3.05, 3.63) is 42.4 Å². The van der Waals surface area contributed by atoms with Crippen LogP contribution in [0.15, 0.2) is 36.7 Å². The molecule has 29 heavy (non-hydrogen) atoms. The molecule has 2 aromatic heterocycles. The minimum Gasteiger partial charge on any atom is -0.354 e. The summed E-state index contributed by atoms with van der Waals surface area (Å²) in [6.07, 6.45) is 7.34. The third-order valence-corrected chi connectivity index (χ3v) is 7.81. The third kappa shape index (κ3) is 3.45. The van der Waals surface area contributed by atoms with Crippen LogP contribution in [0.1, 0.15) is 25.0 Å². The van der Waals surface area contributed by atoms with Crippen LogP contribution < -0.4 is 4.90 Å². The average molecular weight is 407 g/mol. The van der Waals surface area contributed by atoms with E-state index in [1.165, 1.54) is 0 Å². The highest BCUT2D eigenvalue weighted by atomic mass is 32.1. The van der Waals surface area contributed by atoms with E-state index in [9.17, 15) is 4.79 Å². The Morgan fingerprint density at radius 3 is 2.52 bits per heavy atom. The highest BCUT2D eigenvalue weighted by molar-refractivity contribution is 7.18. The maximum atomic E-state index is 13.2. The maximum absolute atomic E-state index is 13.2. The van der Waals surface area contributed by atoms with Crippen LogP contribution in [0.25, 0.3) is 21.2 Å². The zero-order valence-electron chi connectivity index (χ0n) is 17.0. The van der Waals surface area contributed by atoms with Gasteiger partial charge in [-0.3, -0.25) is 9.78 Å². The van der Waals surface area contributed by atoms with Crippen LogP contribution in [0.3, 0.4) is 0 Å². The number of piperidine rings is 3. The Bertz CT molecular complexity index is 1050. The van der Waals surface area contributed by atoms with E-state index in [-0.39, 0.29) is 5.41 Å². The molecule has 1 aromatic carbocycles. The topological polar surface area (TPSA) is 49.3 Å². The Hall–Kier alpha value is -2.31. The van der Waals surface area contributed by atoms with Gasteiger partial charge < -0.3 is 9.80 Å². The van der Waals surface area contributed by atoms with E-state index in [0.717, 1.165) is 70.9 Å². The molecule has 0 radical (unpaired) electrons. The summed E-state index contributed by atoms with van der Waals surface area (Å²) in [7, 11) is 4.02. The van der Waals surface area contributed by atoms with Crippen molar-refractivity contribution in [2.24, 2.45) is 5.41 Å². The Balaban J connectivity index is 1.41. The summed E-state index contributed by atoms with van der Waals surface area (Å²) in [6.45, 7) is 3.22. The third-order valence-electron chi connectivity index (χ3n) is 6.59. The fourth-order valence-corrected chi connectivity index (χ4v) is 5.47. The molecule has 0 atom stereocenters. The lowest BCUT2D eigenvalue weighted by molar-refractivity contribution is -0.135. The van der Waals surface area contributed by atoms with E-state index in [0.29, 0.717) is 12.2 Å². The second kappa shape index (κ2) is 7.18. The van der Waals surface area contributed by atoms with Gasteiger partial charge in [0.05, 0.1) is 4.88 Å². The number of Topliss-reactive ketones (excluding diaryl/α,β-unsaturated/α-hetero) is 1. The summed E-state index contributed by atoms with van der Waals surface area (Å²) >= 11 is 1.68. The van der Waals surface area contributed by atoms with E-state index in [2.05, 4.69) is 39.1 Å². The van der Waals surface area contributed by atoms with Gasteiger partial charge in [-0.1, -0.05) is 23.5 Å². The largest absolute Gasteiger partial charge is 0.354 e. The van der Waals surface area contributed by atoms with Crippen LogP contribution in [0.4, 0.5) is 5.13 Å². The molecular weight excluding hydrogens is 380 g/mol. The number of thiazole rings is 1. The molecule has 0 saturated carbocycles. The van der Waals surface area contributed by atoms with Crippen molar-refractivity contribution < 1.29 is 4.79 Å². The van der Waals surface area contributed by atoms with Crippen molar-refractivity contribution in [2.75, 3.05) is 38.6 Å². The zero-order chi connectivity index (χ0) is 20.0. The second-order valence-corrected chi connectivity index (χ2v) is 9.62. The Morgan fingerprint density at radius 1 is 1.07 bits per heavy atom. The standard InChI is InChI=1S/C23H26N4OS/c1-26(2)22-25-15-20(29-22)16-3-4-17-14-24-19(12-18(17)11-16)13-21(28)23-5-8-27(9-6-23)10-7-23/h3-4,11-12,14-15H,5-10,13H2,1-2H3. The molecule has 5 nitrogen and oxygen atoms in total. The molecule has 150 valence electrons. The Morgan fingerprint density at radius 2 is 1.83 bits per heavy atom. The van der Waals surface area contributed by atoms with Gasteiger partial charge >= 0.3 is 0 Å². The van der Waals surface area contributed by atoms with Gasteiger partial charge in [0.1, 0.15) is 5.78 Å².